The highest BCUT2D eigenvalue weighted by atomic mass is 16.5. The van der Waals surface area contributed by atoms with Gasteiger partial charge in [-0.2, -0.15) is 4.98 Å². The number of hydrogen-bond donors (Lipinski definition) is 1. The van der Waals surface area contributed by atoms with Gasteiger partial charge in [-0.15, -0.1) is 0 Å². The number of nitrogens with zero attached hydrogens (tertiary/aromatic N) is 4. The van der Waals surface area contributed by atoms with Crippen LogP contribution in [0.5, 0.6) is 6.01 Å². The average Bonchev–Trinajstić information content (AvgIpc) is 3.17. The fourth-order valence-electron chi connectivity index (χ4n) is 3.22. The van der Waals surface area contributed by atoms with Crippen molar-refractivity contribution in [3.05, 3.63) is 68.4 Å². The number of aromatic nitrogens is 4. The monoisotopic (exact) mass is 453 g/mol. The molecule has 0 atom stereocenters. The van der Waals surface area contributed by atoms with Crippen LogP contribution in [0.25, 0.3) is 11.2 Å². The number of fused-ring (bicyclic) bond motifs is 1. The minimum atomic E-state index is -0.613. The highest BCUT2D eigenvalue weighted by molar-refractivity contribution is 5.95. The molecule has 0 aliphatic carbocycles. The van der Waals surface area contributed by atoms with Gasteiger partial charge in [0.05, 0.1) is 13.2 Å². The third-order valence-corrected chi connectivity index (χ3v) is 5.42. The number of benzene rings is 1. The molecular weight excluding hydrogens is 422 g/mol. The van der Waals surface area contributed by atoms with Crippen LogP contribution < -0.4 is 21.7 Å². The standard InChI is InChI=1S/C24H31N5O4/c1-16(2)11-12-28-19-20(26-22(28)33-15-24(3,4)14-25)27(5)23(32)29(21(19)31)13-18(30)17-9-7-6-8-10-17/h6-11H,12-15,25H2,1-5H3. The van der Waals surface area contributed by atoms with E-state index in [1.807, 2.05) is 33.8 Å². The second-order valence-electron chi connectivity index (χ2n) is 9.14. The van der Waals surface area contributed by atoms with Crippen molar-refractivity contribution in [2.75, 3.05) is 13.2 Å². The van der Waals surface area contributed by atoms with Gasteiger partial charge in [-0.25, -0.2) is 4.79 Å². The summed E-state index contributed by atoms with van der Waals surface area (Å²) in [5, 5.41) is 0. The molecule has 9 nitrogen and oxygen atoms in total. The topological polar surface area (TPSA) is 114 Å². The van der Waals surface area contributed by atoms with E-state index >= 15 is 0 Å². The molecule has 2 N–H and O–H groups in total. The van der Waals surface area contributed by atoms with E-state index in [1.165, 1.54) is 11.6 Å². The number of nitrogens with two attached hydrogens (primary N) is 1. The Hall–Kier alpha value is -3.46. The predicted molar refractivity (Wildman–Crippen MR) is 128 cm³/mol. The zero-order chi connectivity index (χ0) is 24.3. The van der Waals surface area contributed by atoms with E-state index in [0.717, 1.165) is 10.1 Å². The molecule has 2 aromatic heterocycles. The number of carbonyl (C=O) groups excluding carboxylic acids is 1. The molecule has 0 fully saturated rings. The van der Waals surface area contributed by atoms with Crippen molar-refractivity contribution >= 4 is 16.9 Å². The smallest absolute Gasteiger partial charge is 0.332 e. The number of hydrogen-bond acceptors (Lipinski definition) is 6. The average molecular weight is 454 g/mol. The van der Waals surface area contributed by atoms with Crippen LogP contribution in [0.15, 0.2) is 51.6 Å². The number of imidazole rings is 1. The molecule has 33 heavy (non-hydrogen) atoms. The maximum absolute atomic E-state index is 13.4. The van der Waals surface area contributed by atoms with Gasteiger partial charge in [0.15, 0.2) is 16.9 Å². The number of ether oxygens (including phenoxy) is 1. The third-order valence-electron chi connectivity index (χ3n) is 5.42. The quantitative estimate of drug-likeness (QED) is 0.392. The molecule has 2 heterocycles. The maximum atomic E-state index is 13.4. The highest BCUT2D eigenvalue weighted by Gasteiger charge is 2.24. The Kier molecular flexibility index (Phi) is 7.02. The molecular formula is C24H31N5O4. The van der Waals surface area contributed by atoms with Crippen molar-refractivity contribution in [3.63, 3.8) is 0 Å². The number of rotatable bonds is 9. The molecule has 3 rings (SSSR count). The number of ketones is 1. The SMILES string of the molecule is CC(C)=CCn1c(OCC(C)(C)CN)nc2c1c(=O)n(CC(=O)c1ccccc1)c(=O)n2C. The van der Waals surface area contributed by atoms with Gasteiger partial charge in [0, 0.05) is 31.1 Å². The predicted octanol–water partition coefficient (Wildman–Crippen LogP) is 2.11. The molecule has 0 amide bonds. The normalized spacial score (nSPS) is 11.6. The summed E-state index contributed by atoms with van der Waals surface area (Å²) in [5.41, 5.74) is 6.21. The van der Waals surface area contributed by atoms with E-state index in [9.17, 15) is 14.4 Å². The summed E-state index contributed by atoms with van der Waals surface area (Å²) >= 11 is 0. The summed E-state index contributed by atoms with van der Waals surface area (Å²) in [5.74, 6) is -0.328. The fraction of sp³-hybridized carbons (Fsp3) is 0.417. The Morgan fingerprint density at radius 2 is 1.82 bits per heavy atom. The molecule has 0 unspecified atom stereocenters. The Balaban J connectivity index is 2.16. The highest BCUT2D eigenvalue weighted by Crippen LogP contribution is 2.21. The molecule has 0 radical (unpaired) electrons. The van der Waals surface area contributed by atoms with Crippen LogP contribution in [0, 0.1) is 5.41 Å². The summed E-state index contributed by atoms with van der Waals surface area (Å²) < 4.78 is 9.82. The van der Waals surface area contributed by atoms with E-state index < -0.39 is 11.2 Å². The Labute approximate surface area is 192 Å². The van der Waals surface area contributed by atoms with Crippen molar-refractivity contribution in [2.24, 2.45) is 18.2 Å². The first-order valence-corrected chi connectivity index (χ1v) is 10.8. The molecule has 0 aliphatic heterocycles. The molecule has 0 saturated heterocycles. The van der Waals surface area contributed by atoms with E-state index in [2.05, 4.69) is 4.98 Å². The van der Waals surface area contributed by atoms with Crippen LogP contribution in [0.1, 0.15) is 38.1 Å². The van der Waals surface area contributed by atoms with Crippen LogP contribution in [-0.4, -0.2) is 37.6 Å². The minimum Gasteiger partial charge on any atom is -0.464 e. The van der Waals surface area contributed by atoms with Crippen molar-refractivity contribution in [3.8, 4) is 6.01 Å². The Morgan fingerprint density at radius 3 is 2.42 bits per heavy atom. The largest absolute Gasteiger partial charge is 0.464 e. The molecule has 9 heteroatoms. The van der Waals surface area contributed by atoms with Crippen molar-refractivity contribution in [1.82, 2.24) is 18.7 Å². The van der Waals surface area contributed by atoms with Gasteiger partial charge in [0.2, 0.25) is 0 Å². The first kappa shape index (κ1) is 24.2. The summed E-state index contributed by atoms with van der Waals surface area (Å²) in [4.78, 5) is 43.6. The fourth-order valence-corrected chi connectivity index (χ4v) is 3.22. The lowest BCUT2D eigenvalue weighted by atomic mass is 9.95. The Morgan fingerprint density at radius 1 is 1.15 bits per heavy atom. The summed E-state index contributed by atoms with van der Waals surface area (Å²) in [6.45, 7) is 8.49. The van der Waals surface area contributed by atoms with E-state index in [0.29, 0.717) is 18.7 Å². The minimum absolute atomic E-state index is 0.205. The summed E-state index contributed by atoms with van der Waals surface area (Å²) in [7, 11) is 1.53. The van der Waals surface area contributed by atoms with Gasteiger partial charge in [-0.05, 0) is 13.8 Å². The molecule has 1 aromatic carbocycles. The lowest BCUT2D eigenvalue weighted by molar-refractivity contribution is 0.0969. The molecule has 0 spiro atoms. The lowest BCUT2D eigenvalue weighted by Gasteiger charge is -2.22. The van der Waals surface area contributed by atoms with Gasteiger partial charge < -0.3 is 10.5 Å². The number of Topliss-reactive ketones (excluding diaryl/α,β-unsaturated/α-hetero) is 1. The molecule has 0 saturated carbocycles. The zero-order valence-electron chi connectivity index (χ0n) is 19.8. The number of carbonyl (C=O) groups is 1. The van der Waals surface area contributed by atoms with E-state index in [4.69, 9.17) is 10.5 Å². The maximum Gasteiger partial charge on any atom is 0.332 e. The van der Waals surface area contributed by atoms with Crippen LogP contribution in [0.2, 0.25) is 0 Å². The molecule has 3 aromatic rings. The van der Waals surface area contributed by atoms with Gasteiger partial charge in [0.1, 0.15) is 0 Å². The van der Waals surface area contributed by atoms with Gasteiger partial charge >= 0.3 is 5.69 Å². The first-order chi connectivity index (χ1) is 15.6. The van der Waals surface area contributed by atoms with Crippen molar-refractivity contribution < 1.29 is 9.53 Å². The molecule has 0 aliphatic rings. The zero-order valence-corrected chi connectivity index (χ0v) is 19.8. The van der Waals surface area contributed by atoms with Gasteiger partial charge in [-0.1, -0.05) is 55.8 Å². The van der Waals surface area contributed by atoms with E-state index in [1.54, 1.807) is 34.9 Å². The lowest BCUT2D eigenvalue weighted by Crippen LogP contribution is -2.41. The number of aryl methyl sites for hydroxylation is 1. The van der Waals surface area contributed by atoms with E-state index in [-0.39, 0.29) is 41.5 Å². The van der Waals surface area contributed by atoms with Crippen molar-refractivity contribution in [1.29, 1.82) is 0 Å². The second kappa shape index (κ2) is 9.58. The third kappa shape index (κ3) is 5.14. The number of allylic oxidation sites excluding steroid dienone is 2. The summed E-state index contributed by atoms with van der Waals surface area (Å²) in [6, 6.07) is 8.80. The van der Waals surface area contributed by atoms with Crippen LogP contribution in [0.3, 0.4) is 0 Å². The van der Waals surface area contributed by atoms with Crippen molar-refractivity contribution in [2.45, 2.75) is 40.8 Å². The van der Waals surface area contributed by atoms with Crippen LogP contribution in [-0.2, 0) is 20.1 Å². The van der Waals surface area contributed by atoms with Crippen LogP contribution in [0.4, 0.5) is 0 Å². The first-order valence-electron chi connectivity index (χ1n) is 10.8. The van der Waals surface area contributed by atoms with Crippen LogP contribution >= 0.6 is 0 Å². The van der Waals surface area contributed by atoms with Gasteiger partial charge in [-0.3, -0.25) is 23.3 Å². The Bertz CT molecular complexity index is 1310. The second-order valence-corrected chi connectivity index (χ2v) is 9.14. The summed E-state index contributed by atoms with van der Waals surface area (Å²) in [6.07, 6.45) is 1.94. The molecule has 176 valence electrons. The van der Waals surface area contributed by atoms with Gasteiger partial charge in [0.25, 0.3) is 11.6 Å². The molecule has 0 bridgehead atoms.